The molecular weight excluding hydrogens is 294 g/mol. The van der Waals surface area contributed by atoms with Crippen molar-refractivity contribution in [3.8, 4) is 0 Å². The van der Waals surface area contributed by atoms with Crippen LogP contribution in [0.2, 0.25) is 5.02 Å². The Morgan fingerprint density at radius 3 is 2.31 bits per heavy atom. The minimum absolute atomic E-state index is 0.472. The minimum atomic E-state index is 0.472. The Bertz CT molecular complexity index is 352. The number of hydrogen-bond acceptors (Lipinski definition) is 0. The average Bonchev–Trinajstić information content (AvgIpc) is 1.99. The van der Waals surface area contributed by atoms with Crippen molar-refractivity contribution in [2.45, 2.75) is 28.1 Å². The van der Waals surface area contributed by atoms with Crippen LogP contribution >= 0.6 is 34.2 Å². The van der Waals surface area contributed by atoms with E-state index in [4.69, 9.17) is 11.6 Å². The third-order valence-electron chi connectivity index (χ3n) is 3.41. The molecule has 3 aliphatic rings. The molecule has 0 amide bonds. The van der Waals surface area contributed by atoms with E-state index in [0.717, 1.165) is 5.02 Å². The van der Waals surface area contributed by atoms with Gasteiger partial charge in [0.1, 0.15) is 0 Å². The van der Waals surface area contributed by atoms with Crippen LogP contribution < -0.4 is 0 Å². The fraction of sp³-hybridized carbons (Fsp3) is 0.455. The molecule has 3 aliphatic carbocycles. The quantitative estimate of drug-likeness (QED) is 0.544. The van der Waals surface area contributed by atoms with Crippen LogP contribution in [0, 0.1) is 0 Å². The maximum absolute atomic E-state index is 6.19. The molecule has 0 saturated heterocycles. The van der Waals surface area contributed by atoms with Gasteiger partial charge in [0.25, 0.3) is 0 Å². The fourth-order valence-corrected chi connectivity index (χ4v) is 5.37. The molecule has 4 rings (SSSR count). The Balaban J connectivity index is 1.99. The molecule has 3 fully saturated rings. The van der Waals surface area contributed by atoms with Crippen LogP contribution in [-0.4, -0.2) is 3.42 Å². The van der Waals surface area contributed by atoms with Crippen molar-refractivity contribution in [2.75, 3.05) is 0 Å². The van der Waals surface area contributed by atoms with Crippen LogP contribution in [0.15, 0.2) is 24.3 Å². The lowest BCUT2D eigenvalue weighted by molar-refractivity contribution is 0.0221. The van der Waals surface area contributed by atoms with Gasteiger partial charge in [0.05, 0.1) is 0 Å². The Morgan fingerprint density at radius 1 is 1.15 bits per heavy atom. The van der Waals surface area contributed by atoms with Gasteiger partial charge < -0.3 is 0 Å². The second kappa shape index (κ2) is 2.43. The lowest BCUT2D eigenvalue weighted by atomic mass is 9.42. The maximum atomic E-state index is 6.19. The molecule has 0 nitrogen and oxygen atoms in total. The van der Waals surface area contributed by atoms with Crippen LogP contribution in [0.25, 0.3) is 0 Å². The van der Waals surface area contributed by atoms with Gasteiger partial charge in [-0.1, -0.05) is 52.4 Å². The summed E-state index contributed by atoms with van der Waals surface area (Å²) in [6.45, 7) is 0. The zero-order chi connectivity index (χ0) is 9.10. The molecule has 2 bridgehead atoms. The van der Waals surface area contributed by atoms with Crippen molar-refractivity contribution in [1.29, 1.82) is 0 Å². The molecule has 13 heavy (non-hydrogen) atoms. The first kappa shape index (κ1) is 8.54. The third kappa shape index (κ3) is 1.03. The smallest absolute Gasteiger partial charge is 0.0443 e. The first-order valence-electron chi connectivity index (χ1n) is 4.58. The molecule has 0 unspecified atom stereocenters. The molecule has 0 heterocycles. The van der Waals surface area contributed by atoms with Crippen LogP contribution in [0.1, 0.15) is 24.8 Å². The van der Waals surface area contributed by atoms with E-state index in [-0.39, 0.29) is 0 Å². The first-order valence-corrected chi connectivity index (χ1v) is 6.03. The van der Waals surface area contributed by atoms with Crippen molar-refractivity contribution in [3.63, 3.8) is 0 Å². The van der Waals surface area contributed by atoms with Gasteiger partial charge in [-0.3, -0.25) is 0 Å². The SMILES string of the molecule is Clc1ccccc1C12CC(I)(C1)C2. The van der Waals surface area contributed by atoms with Crippen molar-refractivity contribution in [2.24, 2.45) is 0 Å². The second-order valence-corrected chi connectivity index (χ2v) is 7.14. The number of hydrogen-bond donors (Lipinski definition) is 0. The zero-order valence-corrected chi connectivity index (χ0v) is 10.1. The summed E-state index contributed by atoms with van der Waals surface area (Å²) in [5.74, 6) is 0. The molecule has 0 aliphatic heterocycles. The molecule has 0 N–H and O–H groups in total. The predicted octanol–water partition coefficient (Wildman–Crippen LogP) is 3.95. The molecule has 3 saturated carbocycles. The lowest BCUT2D eigenvalue weighted by Crippen LogP contribution is -2.66. The predicted molar refractivity (Wildman–Crippen MR) is 63.7 cm³/mol. The van der Waals surface area contributed by atoms with Crippen LogP contribution in [0.4, 0.5) is 0 Å². The van der Waals surface area contributed by atoms with E-state index in [2.05, 4.69) is 34.7 Å². The van der Waals surface area contributed by atoms with E-state index in [1.807, 2.05) is 12.1 Å². The van der Waals surface area contributed by atoms with Crippen molar-refractivity contribution in [3.05, 3.63) is 34.9 Å². The van der Waals surface area contributed by atoms with E-state index in [1.165, 1.54) is 24.8 Å². The Hall–Kier alpha value is 0.240. The third-order valence-corrected chi connectivity index (χ3v) is 4.88. The van der Waals surface area contributed by atoms with Gasteiger partial charge in [-0.25, -0.2) is 0 Å². The highest BCUT2D eigenvalue weighted by Crippen LogP contribution is 2.72. The van der Waals surface area contributed by atoms with E-state index < -0.39 is 0 Å². The average molecular weight is 305 g/mol. The van der Waals surface area contributed by atoms with Crippen LogP contribution in [-0.2, 0) is 5.41 Å². The summed E-state index contributed by atoms with van der Waals surface area (Å²) >= 11 is 8.79. The van der Waals surface area contributed by atoms with Gasteiger partial charge in [0.2, 0.25) is 0 Å². The summed E-state index contributed by atoms with van der Waals surface area (Å²) in [5.41, 5.74) is 1.86. The Morgan fingerprint density at radius 2 is 1.77 bits per heavy atom. The molecule has 2 heteroatoms. The molecule has 1 aromatic carbocycles. The largest absolute Gasteiger partial charge is 0.0840 e. The minimum Gasteiger partial charge on any atom is -0.0840 e. The lowest BCUT2D eigenvalue weighted by Gasteiger charge is -2.68. The van der Waals surface area contributed by atoms with Gasteiger partial charge in [0, 0.05) is 13.9 Å². The molecular formula is C11H10ClI. The molecule has 0 atom stereocenters. The van der Waals surface area contributed by atoms with E-state index in [1.54, 1.807) is 0 Å². The number of alkyl halides is 1. The van der Waals surface area contributed by atoms with Crippen LogP contribution in [0.3, 0.4) is 0 Å². The Labute approximate surface area is 96.8 Å². The summed E-state index contributed by atoms with van der Waals surface area (Å²) in [6, 6.07) is 8.31. The summed E-state index contributed by atoms with van der Waals surface area (Å²) < 4.78 is 0.636. The van der Waals surface area contributed by atoms with Gasteiger partial charge in [0.15, 0.2) is 0 Å². The second-order valence-electron chi connectivity index (χ2n) is 4.44. The highest BCUT2D eigenvalue weighted by Gasteiger charge is 2.67. The maximum Gasteiger partial charge on any atom is 0.0443 e. The van der Waals surface area contributed by atoms with Gasteiger partial charge in [-0.15, -0.1) is 0 Å². The first-order chi connectivity index (χ1) is 6.14. The van der Waals surface area contributed by atoms with Gasteiger partial charge in [-0.05, 0) is 30.9 Å². The normalized spacial score (nSPS) is 40.8. The monoisotopic (exact) mass is 304 g/mol. The molecule has 1 aromatic rings. The van der Waals surface area contributed by atoms with Gasteiger partial charge in [-0.2, -0.15) is 0 Å². The summed E-state index contributed by atoms with van der Waals surface area (Å²) in [5, 5.41) is 0.959. The summed E-state index contributed by atoms with van der Waals surface area (Å²) in [7, 11) is 0. The van der Waals surface area contributed by atoms with Crippen LogP contribution in [0.5, 0.6) is 0 Å². The number of rotatable bonds is 1. The highest BCUT2D eigenvalue weighted by atomic mass is 127. The molecule has 0 aromatic heterocycles. The Kier molecular flexibility index (Phi) is 1.59. The molecule has 68 valence electrons. The van der Waals surface area contributed by atoms with E-state index in [9.17, 15) is 0 Å². The summed E-state index contributed by atoms with van der Waals surface area (Å²) in [6.07, 6.45) is 4.01. The van der Waals surface area contributed by atoms with E-state index in [0.29, 0.717) is 8.84 Å². The van der Waals surface area contributed by atoms with Crippen molar-refractivity contribution in [1.82, 2.24) is 0 Å². The number of halogens is 2. The van der Waals surface area contributed by atoms with Crippen molar-refractivity contribution >= 4 is 34.2 Å². The molecule has 0 spiro atoms. The fourth-order valence-electron chi connectivity index (χ4n) is 2.84. The topological polar surface area (TPSA) is 0 Å². The zero-order valence-electron chi connectivity index (χ0n) is 7.19. The van der Waals surface area contributed by atoms with Gasteiger partial charge >= 0.3 is 0 Å². The highest BCUT2D eigenvalue weighted by molar-refractivity contribution is 14.1. The van der Waals surface area contributed by atoms with Crippen molar-refractivity contribution < 1.29 is 0 Å². The standard InChI is InChI=1S/C11H10ClI/c12-9-4-2-1-3-8(9)10-5-11(13,6-10)7-10/h1-4H,5-7H2. The number of benzene rings is 1. The summed E-state index contributed by atoms with van der Waals surface area (Å²) in [4.78, 5) is 0. The molecule has 0 radical (unpaired) electrons. The van der Waals surface area contributed by atoms with E-state index >= 15 is 0 Å².